The number of ether oxygens (including phenoxy) is 1. The number of aromatic nitrogens is 2. The van der Waals surface area contributed by atoms with E-state index in [0.717, 1.165) is 54.4 Å². The summed E-state index contributed by atoms with van der Waals surface area (Å²) in [6.07, 6.45) is 4.87. The summed E-state index contributed by atoms with van der Waals surface area (Å²) in [5, 5.41) is 0. The van der Waals surface area contributed by atoms with Crippen LogP contribution in [0, 0.1) is 42.4 Å². The minimum absolute atomic E-state index is 0.00667. The Morgan fingerprint density at radius 1 is 1.00 bits per heavy atom. The molecule has 1 unspecified atom stereocenters. The highest BCUT2D eigenvalue weighted by Crippen LogP contribution is 2.65. The number of nitrogens with zero attached hydrogens (tertiary/aromatic N) is 3. The maximum Gasteiger partial charge on any atom is 0.264 e. The Hall–Kier alpha value is -3.46. The van der Waals surface area contributed by atoms with Gasteiger partial charge in [-0.3, -0.25) is 4.79 Å². The highest BCUT2D eigenvalue weighted by Gasteiger charge is 2.57. The average Bonchev–Trinajstić information content (AvgIpc) is 2.90. The van der Waals surface area contributed by atoms with Crippen LogP contribution in [-0.4, -0.2) is 49.9 Å². The molecule has 2 saturated carbocycles. The number of hydrogen-bond donors (Lipinski definition) is 1. The number of sulfonamides is 1. The molecule has 3 aliphatic rings. The molecule has 1 amide bonds. The zero-order valence-electron chi connectivity index (χ0n) is 27.6. The molecule has 2 aromatic carbocycles. The van der Waals surface area contributed by atoms with Crippen molar-refractivity contribution in [3.8, 4) is 17.1 Å². The van der Waals surface area contributed by atoms with Gasteiger partial charge in [0, 0.05) is 37.6 Å². The van der Waals surface area contributed by atoms with E-state index in [1.807, 2.05) is 64.3 Å². The summed E-state index contributed by atoms with van der Waals surface area (Å²) < 4.78 is 36.8. The highest BCUT2D eigenvalue weighted by molar-refractivity contribution is 7.92. The van der Waals surface area contributed by atoms with Gasteiger partial charge in [0.25, 0.3) is 10.0 Å². The van der Waals surface area contributed by atoms with Crippen LogP contribution in [0.2, 0.25) is 0 Å². The van der Waals surface area contributed by atoms with E-state index in [1.54, 1.807) is 11.0 Å². The molecule has 1 spiro atoms. The Balaban J connectivity index is 1.39. The smallest absolute Gasteiger partial charge is 0.264 e. The third kappa shape index (κ3) is 6.33. The number of amides is 1. The van der Waals surface area contributed by atoms with Crippen LogP contribution in [0.5, 0.6) is 5.88 Å². The second-order valence-electron chi connectivity index (χ2n) is 15.2. The van der Waals surface area contributed by atoms with Gasteiger partial charge < -0.3 is 9.64 Å². The zero-order valence-corrected chi connectivity index (χ0v) is 28.4. The molecule has 8 nitrogen and oxygen atoms in total. The minimum Gasteiger partial charge on any atom is -0.477 e. The van der Waals surface area contributed by atoms with Gasteiger partial charge in [0.15, 0.2) is 0 Å². The molecule has 240 valence electrons. The summed E-state index contributed by atoms with van der Waals surface area (Å²) in [6.45, 7) is 11.2. The fraction of sp³-hybridized carbons (Fsp3) is 0.528. The zero-order chi connectivity index (χ0) is 32.3. The first-order chi connectivity index (χ1) is 21.1. The largest absolute Gasteiger partial charge is 0.477 e. The quantitative estimate of drug-likeness (QED) is 0.334. The lowest BCUT2D eigenvalue weighted by molar-refractivity contribution is -0.151. The van der Waals surface area contributed by atoms with E-state index >= 15 is 0 Å². The molecule has 2 atom stereocenters. The van der Waals surface area contributed by atoms with Crippen molar-refractivity contribution in [2.45, 2.75) is 77.5 Å². The fourth-order valence-electron chi connectivity index (χ4n) is 8.32. The topological polar surface area (TPSA) is 101 Å². The van der Waals surface area contributed by atoms with E-state index in [-0.39, 0.29) is 45.3 Å². The van der Waals surface area contributed by atoms with Crippen molar-refractivity contribution in [1.82, 2.24) is 14.9 Å². The van der Waals surface area contributed by atoms with Crippen molar-refractivity contribution >= 4 is 21.9 Å². The second kappa shape index (κ2) is 11.4. The Morgan fingerprint density at radius 2 is 1.67 bits per heavy atom. The molecule has 3 aromatic rings. The predicted octanol–water partition coefficient (Wildman–Crippen LogP) is 6.98. The van der Waals surface area contributed by atoms with Gasteiger partial charge in [-0.15, -0.1) is 0 Å². The number of rotatable bonds is 4. The predicted molar refractivity (Wildman–Crippen MR) is 177 cm³/mol. The molecule has 2 fully saturated rings. The van der Waals surface area contributed by atoms with E-state index in [0.29, 0.717) is 24.1 Å². The first-order valence-electron chi connectivity index (χ1n) is 16.1. The van der Waals surface area contributed by atoms with Crippen molar-refractivity contribution < 1.29 is 17.9 Å². The maximum absolute atomic E-state index is 13.8. The number of carbonyl (C=O) groups is 1. The molecular weight excluding hydrogens is 584 g/mol. The van der Waals surface area contributed by atoms with Crippen molar-refractivity contribution in [1.29, 1.82) is 0 Å². The van der Waals surface area contributed by atoms with Crippen LogP contribution >= 0.6 is 0 Å². The van der Waals surface area contributed by atoms with Gasteiger partial charge in [0.2, 0.25) is 17.7 Å². The van der Waals surface area contributed by atoms with Crippen LogP contribution in [0.4, 0.5) is 5.95 Å². The van der Waals surface area contributed by atoms with Crippen LogP contribution in [0.1, 0.15) is 75.5 Å². The number of hydrogen-bond acceptors (Lipinski definition) is 6. The van der Waals surface area contributed by atoms with Gasteiger partial charge in [-0.05, 0) is 97.4 Å². The lowest BCUT2D eigenvalue weighted by Gasteiger charge is -2.60. The van der Waals surface area contributed by atoms with Crippen molar-refractivity contribution in [2.24, 2.45) is 28.6 Å². The van der Waals surface area contributed by atoms with Crippen LogP contribution in [0.3, 0.4) is 0 Å². The first-order valence-corrected chi connectivity index (χ1v) is 17.5. The molecule has 0 radical (unpaired) electrons. The monoisotopic (exact) mass is 630 g/mol. The van der Waals surface area contributed by atoms with Gasteiger partial charge in [-0.25, -0.2) is 18.1 Å². The van der Waals surface area contributed by atoms with Crippen LogP contribution in [-0.2, 0) is 14.8 Å². The number of aryl methyl sites for hydroxylation is 2. The van der Waals surface area contributed by atoms with Gasteiger partial charge in [-0.2, -0.15) is 4.98 Å². The summed E-state index contributed by atoms with van der Waals surface area (Å²) in [5.41, 5.74) is 4.90. The molecule has 2 aliphatic carbocycles. The summed E-state index contributed by atoms with van der Waals surface area (Å²) in [7, 11) is -0.303. The third-order valence-electron chi connectivity index (χ3n) is 10.1. The van der Waals surface area contributed by atoms with Gasteiger partial charge in [-0.1, -0.05) is 51.1 Å². The first kappa shape index (κ1) is 31.5. The molecule has 6 rings (SSSR count). The standard InChI is InChI=1S/C36H46N4O4S/c1-22-10-8-11-23(2)31(22)29-15-30-38-34(37-29)39-45(42,43)28-13-9-12-24(14-28)32(27(21-44-30)16-35(3,4)5)25-17-36(18-25)19-26(20-36)33(41)40(6)7/h8-15,25-27,32H,16-21H2,1-7H3,(H,37,38,39)/t25?,26?,27-,32?,36?/m1/s1. The highest BCUT2D eigenvalue weighted by atomic mass is 32.2. The number of nitrogens with one attached hydrogen (secondary N) is 1. The number of fused-ring (bicyclic) bond motifs is 4. The summed E-state index contributed by atoms with van der Waals surface area (Å²) >= 11 is 0. The molecule has 4 bridgehead atoms. The van der Waals surface area contributed by atoms with Crippen molar-refractivity contribution in [2.75, 3.05) is 25.4 Å². The molecule has 0 saturated heterocycles. The number of benzene rings is 2. The minimum atomic E-state index is -3.97. The number of carbonyl (C=O) groups excluding carboxylic acids is 1. The third-order valence-corrected chi connectivity index (χ3v) is 11.4. The van der Waals surface area contributed by atoms with Crippen LogP contribution < -0.4 is 9.46 Å². The van der Waals surface area contributed by atoms with E-state index < -0.39 is 10.0 Å². The van der Waals surface area contributed by atoms with Gasteiger partial charge >= 0.3 is 0 Å². The van der Waals surface area contributed by atoms with E-state index in [4.69, 9.17) is 4.74 Å². The molecule has 1 aliphatic heterocycles. The van der Waals surface area contributed by atoms with Gasteiger partial charge in [0.05, 0.1) is 17.2 Å². The van der Waals surface area contributed by atoms with E-state index in [1.165, 1.54) is 0 Å². The Labute approximate surface area is 268 Å². The second-order valence-corrected chi connectivity index (χ2v) is 16.9. The molecule has 9 heteroatoms. The summed E-state index contributed by atoms with van der Waals surface area (Å²) in [5.74, 6) is 1.29. The Kier molecular flexibility index (Phi) is 7.99. The summed E-state index contributed by atoms with van der Waals surface area (Å²) in [6, 6.07) is 15.3. The Bertz CT molecular complexity index is 1690. The fourth-order valence-corrected chi connectivity index (χ4v) is 9.32. The van der Waals surface area contributed by atoms with Gasteiger partial charge in [0.1, 0.15) is 0 Å². The van der Waals surface area contributed by atoms with Crippen molar-refractivity contribution in [3.63, 3.8) is 0 Å². The van der Waals surface area contributed by atoms with Crippen LogP contribution in [0.15, 0.2) is 53.4 Å². The molecule has 45 heavy (non-hydrogen) atoms. The molecular formula is C36H46N4O4S. The lowest BCUT2D eigenvalue weighted by Crippen LogP contribution is -2.53. The SMILES string of the molecule is Cc1cccc(C)c1-c1cc2nc(n1)NS(=O)(=O)c1cccc(c1)C(C1CC3(CC(C(=O)N(C)C)C3)C1)[C@H](CC(C)(C)C)CO2. The van der Waals surface area contributed by atoms with Crippen molar-refractivity contribution in [3.05, 3.63) is 65.2 Å². The van der Waals surface area contributed by atoms with Crippen LogP contribution in [0.25, 0.3) is 11.3 Å². The molecule has 2 heterocycles. The summed E-state index contributed by atoms with van der Waals surface area (Å²) in [4.78, 5) is 23.7. The number of anilines is 1. The van der Waals surface area contributed by atoms with E-state index in [9.17, 15) is 13.2 Å². The molecule has 1 aromatic heterocycles. The lowest BCUT2D eigenvalue weighted by atomic mass is 9.45. The maximum atomic E-state index is 13.8. The molecule has 1 N–H and O–H groups in total. The normalized spacial score (nSPS) is 27.1. The van der Waals surface area contributed by atoms with E-state index in [2.05, 4.69) is 41.5 Å². The Morgan fingerprint density at radius 3 is 2.31 bits per heavy atom. The average molecular weight is 631 g/mol.